The average molecular weight is 547 g/mol. The lowest BCUT2D eigenvalue weighted by molar-refractivity contribution is -0.131. The number of rotatable bonds is 15. The van der Waals surface area contributed by atoms with Crippen molar-refractivity contribution in [3.63, 3.8) is 0 Å². The lowest BCUT2D eigenvalue weighted by Crippen LogP contribution is -2.54. The van der Waals surface area contributed by atoms with E-state index < -0.39 is 36.8 Å². The molecule has 0 aliphatic heterocycles. The van der Waals surface area contributed by atoms with Crippen LogP contribution in [0.1, 0.15) is 46.1 Å². The second-order valence-electron chi connectivity index (χ2n) is 10.3. The largest absolute Gasteiger partial charge is 0.357 e. The molecule has 0 saturated carbocycles. The van der Waals surface area contributed by atoms with Crippen LogP contribution in [0.25, 0.3) is 10.8 Å². The van der Waals surface area contributed by atoms with Gasteiger partial charge in [-0.05, 0) is 35.4 Å². The molecule has 0 saturated heterocycles. The number of likely N-dealkylation sites (N-methyl/N-ethyl adjacent to an activating group) is 1. The van der Waals surface area contributed by atoms with Gasteiger partial charge in [0.2, 0.25) is 30.0 Å². The smallest absolute Gasteiger partial charge is 0.250 e. The molecule has 208 valence electrons. The van der Waals surface area contributed by atoms with Crippen LogP contribution in [0.4, 0.5) is 0 Å². The molecule has 2 aromatic carbocycles. The first-order valence-corrected chi connectivity index (χ1v) is 14.5. The van der Waals surface area contributed by atoms with Crippen molar-refractivity contribution in [1.82, 2.24) is 21.3 Å². The van der Waals surface area contributed by atoms with Gasteiger partial charge in [0.15, 0.2) is 0 Å². The first kappa shape index (κ1) is 31.0. The van der Waals surface area contributed by atoms with E-state index in [0.29, 0.717) is 11.8 Å². The number of hydrogen-bond donors (Lipinski definition) is 5. The summed E-state index contributed by atoms with van der Waals surface area (Å²) < 4.78 is 14.3. The molecule has 10 nitrogen and oxygen atoms in total. The SMILES string of the molecule is CNC(=O)[C@H](CC(C)C)NC(=O)C(CC(C)C)CP(=O)(O)C(NC=O)(NC=O)c1cccc2ccccc12. The van der Waals surface area contributed by atoms with E-state index >= 15 is 0 Å². The maximum absolute atomic E-state index is 14.3. The van der Waals surface area contributed by atoms with Crippen molar-refractivity contribution in [2.24, 2.45) is 17.8 Å². The van der Waals surface area contributed by atoms with Crippen LogP contribution in [0.15, 0.2) is 42.5 Å². The van der Waals surface area contributed by atoms with Crippen molar-refractivity contribution >= 4 is 42.8 Å². The molecule has 0 aliphatic rings. The highest BCUT2D eigenvalue weighted by molar-refractivity contribution is 7.59. The van der Waals surface area contributed by atoms with Crippen molar-refractivity contribution in [3.05, 3.63) is 48.0 Å². The Balaban J connectivity index is 2.59. The molecule has 5 N–H and O–H groups in total. The maximum atomic E-state index is 14.3. The number of carbonyl (C=O) groups excluding carboxylic acids is 4. The predicted octanol–water partition coefficient (Wildman–Crippen LogP) is 2.65. The highest BCUT2D eigenvalue weighted by Gasteiger charge is 2.51. The van der Waals surface area contributed by atoms with Gasteiger partial charge < -0.3 is 26.2 Å². The van der Waals surface area contributed by atoms with Gasteiger partial charge in [-0.2, -0.15) is 0 Å². The third kappa shape index (κ3) is 7.20. The maximum Gasteiger partial charge on any atom is 0.250 e. The van der Waals surface area contributed by atoms with Crippen molar-refractivity contribution in [2.45, 2.75) is 52.0 Å². The van der Waals surface area contributed by atoms with Crippen molar-refractivity contribution in [3.8, 4) is 0 Å². The quantitative estimate of drug-likeness (QED) is 0.132. The molecule has 0 fully saturated rings. The number of hydrogen-bond acceptors (Lipinski definition) is 5. The molecule has 3 atom stereocenters. The van der Waals surface area contributed by atoms with Gasteiger partial charge in [0.1, 0.15) is 6.04 Å². The molecule has 0 bridgehead atoms. The summed E-state index contributed by atoms with van der Waals surface area (Å²) in [6, 6.07) is 11.3. The van der Waals surface area contributed by atoms with Crippen molar-refractivity contribution in [1.29, 1.82) is 0 Å². The van der Waals surface area contributed by atoms with E-state index in [1.165, 1.54) is 7.05 Å². The fraction of sp³-hybridized carbons (Fsp3) is 0.481. The Bertz CT molecular complexity index is 1170. The van der Waals surface area contributed by atoms with Gasteiger partial charge >= 0.3 is 0 Å². The average Bonchev–Trinajstić information content (AvgIpc) is 2.86. The molecule has 2 rings (SSSR count). The van der Waals surface area contributed by atoms with Crippen LogP contribution < -0.4 is 21.3 Å². The first-order valence-electron chi connectivity index (χ1n) is 12.7. The van der Waals surface area contributed by atoms with Crippen LogP contribution in [0.5, 0.6) is 0 Å². The van der Waals surface area contributed by atoms with Crippen LogP contribution in [0.2, 0.25) is 0 Å². The van der Waals surface area contributed by atoms with Gasteiger partial charge in [-0.15, -0.1) is 0 Å². The first-order chi connectivity index (χ1) is 17.9. The van der Waals surface area contributed by atoms with E-state index in [0.717, 1.165) is 5.39 Å². The van der Waals surface area contributed by atoms with Gasteiger partial charge in [0.05, 0.1) is 0 Å². The van der Waals surface area contributed by atoms with Crippen molar-refractivity contribution < 1.29 is 28.6 Å². The number of amides is 4. The Morgan fingerprint density at radius 3 is 2.05 bits per heavy atom. The predicted molar refractivity (Wildman–Crippen MR) is 147 cm³/mol. The molecular formula is C27H39N4O6P. The van der Waals surface area contributed by atoms with Gasteiger partial charge in [-0.25, -0.2) is 0 Å². The lowest BCUT2D eigenvalue weighted by Gasteiger charge is -2.39. The van der Waals surface area contributed by atoms with E-state index in [1.54, 1.807) is 42.5 Å². The molecule has 4 amide bonds. The highest BCUT2D eigenvalue weighted by Crippen LogP contribution is 2.59. The standard InChI is InChI=1S/C27H39N4O6P/c1-18(2)13-21(25(34)31-24(14-19(3)4)26(35)28-5)15-38(36,37)27(29-16-32,30-17-33)23-12-8-10-20-9-6-7-11-22(20)23/h6-12,16-19,21,24H,13-15H2,1-5H3,(H,28,35)(H,29,32)(H,30,33)(H,31,34)(H,36,37)/t21?,24-/m0/s1. The zero-order chi connectivity index (χ0) is 28.5. The minimum Gasteiger partial charge on any atom is -0.357 e. The Labute approximate surface area is 223 Å². The third-order valence-corrected chi connectivity index (χ3v) is 8.90. The molecule has 0 heterocycles. The number of fused-ring (bicyclic) bond motifs is 1. The molecule has 38 heavy (non-hydrogen) atoms. The Morgan fingerprint density at radius 1 is 0.921 bits per heavy atom. The van der Waals surface area contributed by atoms with Gasteiger partial charge in [-0.1, -0.05) is 70.2 Å². The highest BCUT2D eigenvalue weighted by atomic mass is 31.2. The summed E-state index contributed by atoms with van der Waals surface area (Å²) in [5, 5.41) is 9.20. The number of benzene rings is 2. The molecule has 0 spiro atoms. The summed E-state index contributed by atoms with van der Waals surface area (Å²) in [6.45, 7) is 7.59. The minimum atomic E-state index is -4.61. The van der Waals surface area contributed by atoms with Crippen LogP contribution in [0.3, 0.4) is 0 Å². The number of carbonyl (C=O) groups is 4. The monoisotopic (exact) mass is 546 g/mol. The topological polar surface area (TPSA) is 154 Å². The molecule has 0 radical (unpaired) electrons. The van der Waals surface area contributed by atoms with E-state index in [4.69, 9.17) is 0 Å². The van der Waals surface area contributed by atoms with E-state index in [9.17, 15) is 28.6 Å². The van der Waals surface area contributed by atoms with Gasteiger partial charge in [0.25, 0.3) is 7.37 Å². The zero-order valence-electron chi connectivity index (χ0n) is 22.6. The minimum absolute atomic E-state index is 0.0284. The van der Waals surface area contributed by atoms with Crippen LogP contribution >= 0.6 is 7.37 Å². The number of nitrogens with one attached hydrogen (secondary N) is 4. The van der Waals surface area contributed by atoms with Gasteiger partial charge in [0, 0.05) is 24.7 Å². The Morgan fingerprint density at radius 2 is 1.50 bits per heavy atom. The normalized spacial score (nSPS) is 14.8. The fourth-order valence-corrected chi connectivity index (χ4v) is 7.00. The summed E-state index contributed by atoms with van der Waals surface area (Å²) in [7, 11) is -3.13. The molecule has 2 aromatic rings. The van der Waals surface area contributed by atoms with E-state index in [1.807, 2.05) is 27.7 Å². The Hall–Kier alpha value is -3.23. The Kier molecular flexibility index (Phi) is 11.0. The summed E-state index contributed by atoms with van der Waals surface area (Å²) >= 11 is 0. The summed E-state index contributed by atoms with van der Waals surface area (Å²) in [5.41, 5.74) is 0.215. The summed E-state index contributed by atoms with van der Waals surface area (Å²) in [4.78, 5) is 61.1. The second kappa shape index (κ2) is 13.5. The summed E-state index contributed by atoms with van der Waals surface area (Å²) in [6.07, 6.45) is 0.582. The van der Waals surface area contributed by atoms with E-state index in [2.05, 4.69) is 21.3 Å². The second-order valence-corrected chi connectivity index (χ2v) is 12.7. The van der Waals surface area contributed by atoms with Crippen molar-refractivity contribution in [2.75, 3.05) is 13.2 Å². The van der Waals surface area contributed by atoms with Gasteiger partial charge in [-0.3, -0.25) is 23.7 Å². The van der Waals surface area contributed by atoms with Crippen LogP contribution in [-0.2, 0) is 29.1 Å². The third-order valence-electron chi connectivity index (χ3n) is 6.42. The van der Waals surface area contributed by atoms with Crippen LogP contribution in [-0.4, -0.2) is 48.8 Å². The fourth-order valence-electron chi connectivity index (χ4n) is 4.73. The van der Waals surface area contributed by atoms with Crippen LogP contribution in [0, 0.1) is 17.8 Å². The summed E-state index contributed by atoms with van der Waals surface area (Å²) in [5.74, 6) is -1.82. The molecule has 2 unspecified atom stereocenters. The molecule has 0 aromatic heterocycles. The zero-order valence-corrected chi connectivity index (χ0v) is 23.5. The lowest BCUT2D eigenvalue weighted by atomic mass is 9.96. The molecule has 0 aliphatic carbocycles. The van der Waals surface area contributed by atoms with E-state index in [-0.39, 0.29) is 42.5 Å². The molecular weight excluding hydrogens is 507 g/mol. The molecule has 11 heteroatoms.